The van der Waals surface area contributed by atoms with E-state index in [9.17, 15) is 0 Å². The molecule has 1 saturated heterocycles. The Morgan fingerprint density at radius 3 is 2.29 bits per heavy atom. The van der Waals surface area contributed by atoms with Gasteiger partial charge in [0.15, 0.2) is 11.5 Å². The first-order chi connectivity index (χ1) is 11.8. The lowest BCUT2D eigenvalue weighted by atomic mass is 10.00. The molecule has 0 spiro atoms. The highest BCUT2D eigenvalue weighted by molar-refractivity contribution is 5.58. The monoisotopic (exact) mass is 323 g/mol. The quantitative estimate of drug-likeness (QED) is 0.815. The Morgan fingerprint density at radius 1 is 0.917 bits per heavy atom. The molecule has 0 N–H and O–H groups in total. The minimum Gasteiger partial charge on any atom is -0.493 e. The third kappa shape index (κ3) is 4.18. The Kier molecular flexibility index (Phi) is 5.55. The van der Waals surface area contributed by atoms with Gasteiger partial charge in [0.25, 0.3) is 0 Å². The molecule has 24 heavy (non-hydrogen) atoms. The van der Waals surface area contributed by atoms with Crippen LogP contribution in [0.25, 0.3) is 6.08 Å². The number of likely N-dealkylation sites (tertiary alicyclic amines) is 1. The van der Waals surface area contributed by atoms with Crippen LogP contribution in [0.4, 0.5) is 0 Å². The van der Waals surface area contributed by atoms with Crippen LogP contribution in [0.1, 0.15) is 24.0 Å². The summed E-state index contributed by atoms with van der Waals surface area (Å²) in [4.78, 5) is 2.53. The maximum atomic E-state index is 5.39. The fourth-order valence-corrected chi connectivity index (χ4v) is 3.16. The Labute approximate surface area is 144 Å². The lowest BCUT2D eigenvalue weighted by molar-refractivity contribution is 0.249. The molecule has 1 fully saturated rings. The van der Waals surface area contributed by atoms with Crippen molar-refractivity contribution in [1.29, 1.82) is 0 Å². The van der Waals surface area contributed by atoms with Crippen molar-refractivity contribution >= 4 is 6.08 Å². The highest BCUT2D eigenvalue weighted by atomic mass is 16.5. The number of benzene rings is 2. The molecular weight excluding hydrogens is 298 g/mol. The van der Waals surface area contributed by atoms with Gasteiger partial charge in [-0.1, -0.05) is 48.0 Å². The zero-order valence-electron chi connectivity index (χ0n) is 14.5. The number of hydrogen-bond acceptors (Lipinski definition) is 3. The van der Waals surface area contributed by atoms with E-state index in [4.69, 9.17) is 9.47 Å². The van der Waals surface area contributed by atoms with Crippen molar-refractivity contribution in [2.24, 2.45) is 0 Å². The topological polar surface area (TPSA) is 21.7 Å². The van der Waals surface area contributed by atoms with Gasteiger partial charge in [-0.3, -0.25) is 4.90 Å². The fourth-order valence-electron chi connectivity index (χ4n) is 3.16. The van der Waals surface area contributed by atoms with Gasteiger partial charge in [0.2, 0.25) is 0 Å². The first-order valence-corrected chi connectivity index (χ1v) is 8.46. The zero-order chi connectivity index (χ0) is 16.8. The number of hydrogen-bond donors (Lipinski definition) is 0. The predicted octanol–water partition coefficient (Wildman–Crippen LogP) is 4.38. The molecule has 0 amide bonds. The molecule has 1 aliphatic rings. The molecule has 0 aliphatic carbocycles. The average Bonchev–Trinajstić information content (AvgIpc) is 2.64. The van der Waals surface area contributed by atoms with Crippen LogP contribution in [-0.2, 0) is 6.54 Å². The van der Waals surface area contributed by atoms with Gasteiger partial charge in [-0.2, -0.15) is 0 Å². The Hall–Kier alpha value is -2.26. The van der Waals surface area contributed by atoms with Crippen LogP contribution in [0.3, 0.4) is 0 Å². The third-order valence-electron chi connectivity index (χ3n) is 4.53. The van der Waals surface area contributed by atoms with E-state index in [1.165, 1.54) is 16.7 Å². The molecular formula is C21H25NO2. The molecule has 3 rings (SSSR count). The van der Waals surface area contributed by atoms with Crippen LogP contribution in [0.15, 0.2) is 54.1 Å². The van der Waals surface area contributed by atoms with E-state index in [-0.39, 0.29) is 0 Å². The number of methoxy groups -OCH3 is 2. The second-order valence-electron chi connectivity index (χ2n) is 6.18. The van der Waals surface area contributed by atoms with Crippen LogP contribution in [0.5, 0.6) is 11.5 Å². The zero-order valence-corrected chi connectivity index (χ0v) is 14.5. The van der Waals surface area contributed by atoms with Crippen LogP contribution in [0.2, 0.25) is 0 Å². The normalized spacial score (nSPS) is 15.2. The number of rotatable bonds is 5. The van der Waals surface area contributed by atoms with E-state index >= 15 is 0 Å². The summed E-state index contributed by atoms with van der Waals surface area (Å²) in [5, 5.41) is 0. The van der Waals surface area contributed by atoms with E-state index in [1.807, 2.05) is 12.1 Å². The molecule has 1 aliphatic heterocycles. The average molecular weight is 323 g/mol. The van der Waals surface area contributed by atoms with E-state index in [0.717, 1.165) is 44.0 Å². The summed E-state index contributed by atoms with van der Waals surface area (Å²) in [6.07, 6.45) is 4.55. The maximum absolute atomic E-state index is 5.39. The molecule has 1 heterocycles. The largest absolute Gasteiger partial charge is 0.493 e. The summed E-state index contributed by atoms with van der Waals surface area (Å²) in [7, 11) is 3.34. The summed E-state index contributed by atoms with van der Waals surface area (Å²) in [6.45, 7) is 3.28. The van der Waals surface area contributed by atoms with Crippen molar-refractivity contribution in [3.8, 4) is 11.5 Å². The Balaban J connectivity index is 1.61. The molecule has 0 saturated carbocycles. The van der Waals surface area contributed by atoms with Gasteiger partial charge in [0.1, 0.15) is 0 Å². The van der Waals surface area contributed by atoms with Gasteiger partial charge >= 0.3 is 0 Å². The van der Waals surface area contributed by atoms with E-state index in [2.05, 4.69) is 47.4 Å². The highest BCUT2D eigenvalue weighted by Crippen LogP contribution is 2.29. The summed E-state index contributed by atoms with van der Waals surface area (Å²) in [5.41, 5.74) is 4.08. The number of nitrogens with zero attached hydrogens (tertiary/aromatic N) is 1. The van der Waals surface area contributed by atoms with Gasteiger partial charge in [0.05, 0.1) is 14.2 Å². The standard InChI is InChI=1S/C21H25NO2/c1-23-20-9-8-19(15-21(20)24-2)14-17-10-12-22(13-11-17)16-18-6-4-3-5-7-18/h3-9,14-15H,10-13,16H2,1-2H3. The van der Waals surface area contributed by atoms with Crippen molar-refractivity contribution in [2.45, 2.75) is 19.4 Å². The molecule has 126 valence electrons. The van der Waals surface area contributed by atoms with Crippen molar-refractivity contribution in [1.82, 2.24) is 4.90 Å². The fraction of sp³-hybridized carbons (Fsp3) is 0.333. The van der Waals surface area contributed by atoms with Gasteiger partial charge in [-0.25, -0.2) is 0 Å². The minimum absolute atomic E-state index is 0.775. The molecule has 0 atom stereocenters. The smallest absolute Gasteiger partial charge is 0.161 e. The molecule has 3 nitrogen and oxygen atoms in total. The van der Waals surface area contributed by atoms with Crippen LogP contribution < -0.4 is 9.47 Å². The van der Waals surface area contributed by atoms with Crippen molar-refractivity contribution in [2.75, 3.05) is 27.3 Å². The first-order valence-electron chi connectivity index (χ1n) is 8.46. The Morgan fingerprint density at radius 2 is 1.62 bits per heavy atom. The molecule has 0 aromatic heterocycles. The highest BCUT2D eigenvalue weighted by Gasteiger charge is 2.14. The number of piperidine rings is 1. The summed E-state index contributed by atoms with van der Waals surface area (Å²) >= 11 is 0. The lowest BCUT2D eigenvalue weighted by Crippen LogP contribution is -2.30. The van der Waals surface area contributed by atoms with E-state index < -0.39 is 0 Å². The van der Waals surface area contributed by atoms with Crippen molar-refractivity contribution in [3.05, 3.63) is 65.2 Å². The molecule has 3 heteroatoms. The van der Waals surface area contributed by atoms with Gasteiger partial charge in [0, 0.05) is 19.6 Å². The third-order valence-corrected chi connectivity index (χ3v) is 4.53. The maximum Gasteiger partial charge on any atom is 0.161 e. The van der Waals surface area contributed by atoms with Crippen LogP contribution in [-0.4, -0.2) is 32.2 Å². The SMILES string of the molecule is COc1ccc(C=C2CCN(Cc3ccccc3)CC2)cc1OC. The van der Waals surface area contributed by atoms with Crippen molar-refractivity contribution in [3.63, 3.8) is 0 Å². The van der Waals surface area contributed by atoms with Gasteiger partial charge in [-0.15, -0.1) is 0 Å². The van der Waals surface area contributed by atoms with Crippen LogP contribution >= 0.6 is 0 Å². The summed E-state index contributed by atoms with van der Waals surface area (Å²) < 4.78 is 10.7. The minimum atomic E-state index is 0.775. The molecule has 2 aromatic carbocycles. The van der Waals surface area contributed by atoms with Gasteiger partial charge in [-0.05, 0) is 36.1 Å². The molecule has 0 radical (unpaired) electrons. The summed E-state index contributed by atoms with van der Waals surface area (Å²) in [6, 6.07) is 16.8. The Bertz CT molecular complexity index is 684. The van der Waals surface area contributed by atoms with Gasteiger partial charge < -0.3 is 9.47 Å². The molecule has 2 aromatic rings. The molecule has 0 unspecified atom stereocenters. The first kappa shape index (κ1) is 16.6. The lowest BCUT2D eigenvalue weighted by Gasteiger charge is -2.28. The van der Waals surface area contributed by atoms with E-state index in [0.29, 0.717) is 0 Å². The van der Waals surface area contributed by atoms with Crippen LogP contribution in [0, 0.1) is 0 Å². The molecule has 0 bridgehead atoms. The predicted molar refractivity (Wildman–Crippen MR) is 98.5 cm³/mol. The second kappa shape index (κ2) is 8.02. The number of ether oxygens (including phenoxy) is 2. The van der Waals surface area contributed by atoms with E-state index in [1.54, 1.807) is 14.2 Å². The van der Waals surface area contributed by atoms with Crippen molar-refractivity contribution < 1.29 is 9.47 Å². The second-order valence-corrected chi connectivity index (χ2v) is 6.18. The summed E-state index contributed by atoms with van der Waals surface area (Å²) in [5.74, 6) is 1.56.